The van der Waals surface area contributed by atoms with Crippen LogP contribution in [0.1, 0.15) is 19.5 Å². The first-order valence-electron chi connectivity index (χ1n) is 9.31. The molecule has 0 saturated carbocycles. The number of carboxylic acid groups (broad SMARTS) is 1. The van der Waals surface area contributed by atoms with Crippen molar-refractivity contribution in [3.63, 3.8) is 0 Å². The fourth-order valence-corrected chi connectivity index (χ4v) is 2.68. The van der Waals surface area contributed by atoms with E-state index in [1.807, 2.05) is 0 Å². The number of carbonyl (C=O) groups excluding carboxylic acids is 3. The van der Waals surface area contributed by atoms with Gasteiger partial charge in [-0.05, 0) is 13.8 Å². The van der Waals surface area contributed by atoms with E-state index in [1.165, 1.54) is 26.4 Å². The van der Waals surface area contributed by atoms with Gasteiger partial charge in [0.25, 0.3) is 0 Å². The van der Waals surface area contributed by atoms with E-state index in [-0.39, 0.29) is 12.2 Å². The van der Waals surface area contributed by atoms with Crippen LogP contribution in [0.4, 0.5) is 0 Å². The number of hydrogen-bond donors (Lipinski definition) is 9. The molecule has 31 heavy (non-hydrogen) atoms. The number of carboxylic acids is 1. The summed E-state index contributed by atoms with van der Waals surface area (Å²) < 4.78 is 0. The van der Waals surface area contributed by atoms with Crippen molar-refractivity contribution < 1.29 is 34.5 Å². The lowest BCUT2D eigenvalue weighted by molar-refractivity contribution is -0.142. The summed E-state index contributed by atoms with van der Waals surface area (Å²) in [5.74, 6) is -4.12. The van der Waals surface area contributed by atoms with Gasteiger partial charge in [0.1, 0.15) is 24.2 Å². The van der Waals surface area contributed by atoms with Gasteiger partial charge < -0.3 is 42.0 Å². The topological polar surface area (TPSA) is 220 Å². The molecule has 0 aliphatic carbocycles. The van der Waals surface area contributed by atoms with Gasteiger partial charge in [0, 0.05) is 24.1 Å². The summed E-state index contributed by atoms with van der Waals surface area (Å²) in [4.78, 5) is 55.0. The number of hydrogen-bond acceptors (Lipinski definition) is 9. The highest BCUT2D eigenvalue weighted by Gasteiger charge is 2.32. The van der Waals surface area contributed by atoms with E-state index in [0.717, 1.165) is 0 Å². The molecule has 0 fully saturated rings. The Morgan fingerprint density at radius 1 is 1.06 bits per heavy atom. The SMILES string of the molecule is CC(O)C(N)C(=O)NC(C(=O)NC(CS)C(=O)NC(Cc1cnc[nH]1)C(=O)O)C(C)O. The molecule has 0 aromatic carbocycles. The number of rotatable bonds is 12. The molecule has 9 N–H and O–H groups in total. The largest absolute Gasteiger partial charge is 0.480 e. The summed E-state index contributed by atoms with van der Waals surface area (Å²) in [7, 11) is 0. The van der Waals surface area contributed by atoms with Crippen LogP contribution in [-0.4, -0.2) is 91.1 Å². The van der Waals surface area contributed by atoms with Gasteiger partial charge >= 0.3 is 5.97 Å². The second-order valence-electron chi connectivity index (χ2n) is 6.92. The standard InChI is InChI=1S/C17H28N6O7S/c1-7(24)12(18)15(27)23-13(8(2)25)16(28)22-11(5-31)14(26)21-10(17(29)30)3-9-4-19-6-20-9/h4,6-8,10-13,24-25,31H,3,5,18H2,1-2H3,(H,19,20)(H,21,26)(H,22,28)(H,23,27)(H,29,30). The molecule has 13 nitrogen and oxygen atoms in total. The van der Waals surface area contributed by atoms with Crippen LogP contribution in [0, 0.1) is 0 Å². The number of amides is 3. The van der Waals surface area contributed by atoms with Crippen molar-refractivity contribution in [2.45, 2.75) is 56.6 Å². The second kappa shape index (κ2) is 12.2. The number of aromatic nitrogens is 2. The number of aliphatic hydroxyl groups is 2. The smallest absolute Gasteiger partial charge is 0.326 e. The molecule has 1 heterocycles. The highest BCUT2D eigenvalue weighted by Crippen LogP contribution is 2.02. The van der Waals surface area contributed by atoms with Gasteiger partial charge in [0.05, 0.1) is 18.5 Å². The Morgan fingerprint density at radius 3 is 2.13 bits per heavy atom. The van der Waals surface area contributed by atoms with Crippen molar-refractivity contribution in [1.29, 1.82) is 0 Å². The Morgan fingerprint density at radius 2 is 1.68 bits per heavy atom. The van der Waals surface area contributed by atoms with E-state index in [1.54, 1.807) is 0 Å². The zero-order valence-corrected chi connectivity index (χ0v) is 17.9. The molecule has 0 aliphatic rings. The first kappa shape index (κ1) is 26.4. The molecule has 3 amide bonds. The van der Waals surface area contributed by atoms with Gasteiger partial charge in [0.15, 0.2) is 0 Å². The summed E-state index contributed by atoms with van der Waals surface area (Å²) in [6.07, 6.45) is 0.143. The minimum atomic E-state index is -1.48. The number of nitrogens with two attached hydrogens (primary N) is 1. The van der Waals surface area contributed by atoms with Gasteiger partial charge in [-0.25, -0.2) is 9.78 Å². The Labute approximate surface area is 183 Å². The van der Waals surface area contributed by atoms with Crippen LogP contribution in [0.15, 0.2) is 12.5 Å². The van der Waals surface area contributed by atoms with E-state index in [0.29, 0.717) is 5.69 Å². The third kappa shape index (κ3) is 8.16. The van der Waals surface area contributed by atoms with E-state index in [2.05, 4.69) is 38.5 Å². The molecule has 0 aliphatic heterocycles. The molecule has 1 rings (SSSR count). The molecular weight excluding hydrogens is 432 g/mol. The van der Waals surface area contributed by atoms with Crippen molar-refractivity contribution in [3.05, 3.63) is 18.2 Å². The number of aliphatic hydroxyl groups excluding tert-OH is 2. The monoisotopic (exact) mass is 460 g/mol. The van der Waals surface area contributed by atoms with Crippen LogP contribution in [0.5, 0.6) is 0 Å². The number of carbonyl (C=O) groups is 4. The van der Waals surface area contributed by atoms with Crippen molar-refractivity contribution in [1.82, 2.24) is 25.9 Å². The van der Waals surface area contributed by atoms with E-state index < -0.39 is 60.1 Å². The normalized spacial score (nSPS) is 16.8. The summed E-state index contributed by atoms with van der Waals surface area (Å²) in [6, 6.07) is -5.38. The van der Waals surface area contributed by atoms with Crippen molar-refractivity contribution in [2.24, 2.45) is 5.73 Å². The molecule has 174 valence electrons. The third-order valence-corrected chi connectivity index (χ3v) is 4.66. The fraction of sp³-hybridized carbons (Fsp3) is 0.588. The van der Waals surface area contributed by atoms with Crippen LogP contribution in [-0.2, 0) is 25.6 Å². The maximum Gasteiger partial charge on any atom is 0.326 e. The summed E-state index contributed by atoms with van der Waals surface area (Å²) in [5, 5.41) is 35.4. The van der Waals surface area contributed by atoms with E-state index in [9.17, 15) is 34.5 Å². The van der Waals surface area contributed by atoms with E-state index in [4.69, 9.17) is 5.73 Å². The lowest BCUT2D eigenvalue weighted by Crippen LogP contribution is -2.61. The number of imidazole rings is 1. The maximum absolute atomic E-state index is 12.5. The van der Waals surface area contributed by atoms with Gasteiger partial charge in [-0.2, -0.15) is 12.6 Å². The lowest BCUT2D eigenvalue weighted by Gasteiger charge is -2.26. The first-order valence-corrected chi connectivity index (χ1v) is 9.94. The number of aliphatic carboxylic acids is 1. The Kier molecular flexibility index (Phi) is 10.4. The maximum atomic E-state index is 12.5. The minimum absolute atomic E-state index is 0.0715. The molecule has 0 spiro atoms. The minimum Gasteiger partial charge on any atom is -0.480 e. The molecule has 6 unspecified atom stereocenters. The number of nitrogens with zero attached hydrogens (tertiary/aromatic N) is 1. The predicted molar refractivity (Wildman–Crippen MR) is 111 cm³/mol. The summed E-state index contributed by atoms with van der Waals surface area (Å²) in [6.45, 7) is 2.52. The quantitative estimate of drug-likeness (QED) is 0.141. The lowest BCUT2D eigenvalue weighted by atomic mass is 10.1. The molecule has 14 heteroatoms. The molecule has 1 aromatic rings. The zero-order valence-electron chi connectivity index (χ0n) is 17.0. The van der Waals surface area contributed by atoms with Gasteiger partial charge in [-0.3, -0.25) is 14.4 Å². The van der Waals surface area contributed by atoms with Crippen molar-refractivity contribution >= 4 is 36.3 Å². The predicted octanol–water partition coefficient (Wildman–Crippen LogP) is -3.49. The summed E-state index contributed by atoms with van der Waals surface area (Å²) >= 11 is 4.00. The van der Waals surface area contributed by atoms with Crippen LogP contribution in [0.25, 0.3) is 0 Å². The fourth-order valence-electron chi connectivity index (χ4n) is 2.42. The molecule has 6 atom stereocenters. The number of nitrogens with one attached hydrogen (secondary N) is 4. The van der Waals surface area contributed by atoms with Crippen LogP contribution < -0.4 is 21.7 Å². The Balaban J connectivity index is 2.82. The number of H-pyrrole nitrogens is 1. The van der Waals surface area contributed by atoms with Gasteiger partial charge in [-0.15, -0.1) is 0 Å². The Hall–Kier alpha value is -2.68. The first-order chi connectivity index (χ1) is 14.5. The number of aromatic amines is 1. The highest BCUT2D eigenvalue weighted by molar-refractivity contribution is 7.80. The van der Waals surface area contributed by atoms with Gasteiger partial charge in [-0.1, -0.05) is 0 Å². The van der Waals surface area contributed by atoms with E-state index >= 15 is 0 Å². The highest BCUT2D eigenvalue weighted by atomic mass is 32.1. The summed E-state index contributed by atoms with van der Waals surface area (Å²) in [5.41, 5.74) is 5.99. The van der Waals surface area contributed by atoms with Crippen molar-refractivity contribution in [2.75, 3.05) is 5.75 Å². The third-order valence-electron chi connectivity index (χ3n) is 4.29. The number of thiol groups is 1. The van der Waals surface area contributed by atoms with Crippen LogP contribution >= 0.6 is 12.6 Å². The van der Waals surface area contributed by atoms with Gasteiger partial charge in [0.2, 0.25) is 17.7 Å². The molecule has 1 aromatic heterocycles. The molecule has 0 radical (unpaired) electrons. The average Bonchev–Trinajstić information content (AvgIpc) is 3.21. The second-order valence-corrected chi connectivity index (χ2v) is 7.28. The Bertz CT molecular complexity index is 758. The molecule has 0 bridgehead atoms. The average molecular weight is 461 g/mol. The molecule has 0 saturated heterocycles. The van der Waals surface area contributed by atoms with Crippen LogP contribution in [0.2, 0.25) is 0 Å². The van der Waals surface area contributed by atoms with Crippen molar-refractivity contribution in [3.8, 4) is 0 Å². The van der Waals surface area contributed by atoms with Crippen LogP contribution in [0.3, 0.4) is 0 Å². The molecular formula is C17H28N6O7S. The zero-order chi connectivity index (χ0) is 23.7.